The van der Waals surface area contributed by atoms with Crippen molar-refractivity contribution in [1.29, 1.82) is 0 Å². The Balaban J connectivity index is 1.56. The number of aryl methyl sites for hydroxylation is 1. The lowest BCUT2D eigenvalue weighted by Gasteiger charge is -2.42. The molecule has 3 fully saturated rings. The SMILES string of the molecule is Cc1ccc(N2C3CCC2CC(C2CCCC2)C3)c(F)c1. The Labute approximate surface area is 127 Å². The summed E-state index contributed by atoms with van der Waals surface area (Å²) >= 11 is 0. The largest absolute Gasteiger partial charge is 0.363 e. The number of rotatable bonds is 2. The van der Waals surface area contributed by atoms with Gasteiger partial charge in [0.25, 0.3) is 0 Å². The second-order valence-corrected chi connectivity index (χ2v) is 7.52. The Kier molecular flexibility index (Phi) is 3.43. The highest BCUT2D eigenvalue weighted by molar-refractivity contribution is 5.52. The van der Waals surface area contributed by atoms with Gasteiger partial charge in [-0.15, -0.1) is 0 Å². The second-order valence-electron chi connectivity index (χ2n) is 7.52. The van der Waals surface area contributed by atoms with Gasteiger partial charge in [-0.2, -0.15) is 0 Å². The first-order chi connectivity index (χ1) is 10.2. The molecule has 3 aliphatic rings. The highest BCUT2D eigenvalue weighted by Crippen LogP contribution is 2.47. The summed E-state index contributed by atoms with van der Waals surface area (Å²) < 4.78 is 14.4. The molecule has 0 N–H and O–H groups in total. The Bertz CT molecular complexity index is 506. The van der Waals surface area contributed by atoms with Crippen molar-refractivity contribution < 1.29 is 4.39 Å². The molecule has 1 aromatic carbocycles. The molecule has 1 aliphatic carbocycles. The minimum atomic E-state index is -0.0220. The summed E-state index contributed by atoms with van der Waals surface area (Å²) in [6.45, 7) is 1.97. The molecule has 0 amide bonds. The Morgan fingerprint density at radius 1 is 0.952 bits per heavy atom. The monoisotopic (exact) mass is 287 g/mol. The fraction of sp³-hybridized carbons (Fsp3) is 0.684. The molecule has 21 heavy (non-hydrogen) atoms. The van der Waals surface area contributed by atoms with E-state index in [1.54, 1.807) is 6.07 Å². The van der Waals surface area contributed by atoms with Crippen molar-refractivity contribution in [2.75, 3.05) is 4.90 Å². The van der Waals surface area contributed by atoms with Crippen LogP contribution in [0, 0.1) is 24.6 Å². The topological polar surface area (TPSA) is 3.24 Å². The lowest BCUT2D eigenvalue weighted by Crippen LogP contribution is -2.44. The van der Waals surface area contributed by atoms with E-state index in [0.29, 0.717) is 12.1 Å². The number of anilines is 1. The van der Waals surface area contributed by atoms with Gasteiger partial charge in [0.1, 0.15) is 5.82 Å². The Hall–Kier alpha value is -1.05. The van der Waals surface area contributed by atoms with Gasteiger partial charge >= 0.3 is 0 Å². The van der Waals surface area contributed by atoms with Crippen molar-refractivity contribution in [3.05, 3.63) is 29.6 Å². The molecule has 0 aromatic heterocycles. The van der Waals surface area contributed by atoms with E-state index in [-0.39, 0.29) is 5.82 Å². The molecule has 1 saturated carbocycles. The molecule has 2 heterocycles. The zero-order valence-corrected chi connectivity index (χ0v) is 13.0. The van der Waals surface area contributed by atoms with Crippen LogP contribution in [0.15, 0.2) is 18.2 Å². The molecule has 2 bridgehead atoms. The van der Waals surface area contributed by atoms with Crippen molar-refractivity contribution in [2.24, 2.45) is 11.8 Å². The van der Waals surface area contributed by atoms with Gasteiger partial charge in [0, 0.05) is 12.1 Å². The molecule has 2 aliphatic heterocycles. The number of hydrogen-bond acceptors (Lipinski definition) is 1. The molecule has 2 unspecified atom stereocenters. The van der Waals surface area contributed by atoms with Gasteiger partial charge in [0.05, 0.1) is 5.69 Å². The van der Waals surface area contributed by atoms with Crippen LogP contribution in [0.4, 0.5) is 10.1 Å². The Morgan fingerprint density at radius 3 is 2.24 bits per heavy atom. The standard InChI is InChI=1S/C19H26FN/c1-13-6-9-19(18(20)10-13)21-16-7-8-17(21)12-15(11-16)14-4-2-3-5-14/h6,9-10,14-17H,2-5,7-8,11-12H2,1H3. The molecule has 4 rings (SSSR count). The van der Waals surface area contributed by atoms with Crippen LogP contribution in [0.3, 0.4) is 0 Å². The first kappa shape index (κ1) is 13.6. The van der Waals surface area contributed by atoms with Crippen molar-refractivity contribution in [1.82, 2.24) is 0 Å². The van der Waals surface area contributed by atoms with E-state index in [1.165, 1.54) is 51.4 Å². The molecule has 2 heteroatoms. The summed E-state index contributed by atoms with van der Waals surface area (Å²) in [7, 11) is 0. The maximum absolute atomic E-state index is 14.4. The van der Waals surface area contributed by atoms with E-state index in [0.717, 1.165) is 23.1 Å². The van der Waals surface area contributed by atoms with E-state index in [2.05, 4.69) is 11.0 Å². The minimum Gasteiger partial charge on any atom is -0.363 e. The van der Waals surface area contributed by atoms with Gasteiger partial charge in [0.15, 0.2) is 0 Å². The van der Waals surface area contributed by atoms with E-state index in [1.807, 2.05) is 13.0 Å². The Morgan fingerprint density at radius 2 is 1.62 bits per heavy atom. The van der Waals surface area contributed by atoms with Gasteiger partial charge < -0.3 is 4.90 Å². The van der Waals surface area contributed by atoms with E-state index in [4.69, 9.17) is 0 Å². The number of hydrogen-bond donors (Lipinski definition) is 0. The maximum atomic E-state index is 14.4. The fourth-order valence-corrected chi connectivity index (χ4v) is 5.25. The second kappa shape index (κ2) is 5.30. The molecule has 0 radical (unpaired) electrons. The first-order valence-corrected chi connectivity index (χ1v) is 8.77. The van der Waals surface area contributed by atoms with Gasteiger partial charge in [-0.3, -0.25) is 0 Å². The first-order valence-electron chi connectivity index (χ1n) is 8.77. The van der Waals surface area contributed by atoms with E-state index < -0.39 is 0 Å². The average molecular weight is 287 g/mol. The third-order valence-electron chi connectivity index (χ3n) is 6.22. The van der Waals surface area contributed by atoms with Crippen LogP contribution >= 0.6 is 0 Å². The maximum Gasteiger partial charge on any atom is 0.146 e. The van der Waals surface area contributed by atoms with Crippen LogP contribution in [-0.4, -0.2) is 12.1 Å². The summed E-state index contributed by atoms with van der Waals surface area (Å²) in [5, 5.41) is 0. The number of nitrogens with zero attached hydrogens (tertiary/aromatic N) is 1. The summed E-state index contributed by atoms with van der Waals surface area (Å²) in [5.74, 6) is 1.86. The van der Waals surface area contributed by atoms with Crippen molar-refractivity contribution in [2.45, 2.75) is 70.4 Å². The molecule has 0 spiro atoms. The third-order valence-corrected chi connectivity index (χ3v) is 6.22. The molecular weight excluding hydrogens is 261 g/mol. The number of fused-ring (bicyclic) bond motifs is 2. The zero-order valence-electron chi connectivity index (χ0n) is 13.0. The van der Waals surface area contributed by atoms with Gasteiger partial charge in [-0.25, -0.2) is 4.39 Å². The molecule has 1 nitrogen and oxygen atoms in total. The summed E-state index contributed by atoms with van der Waals surface area (Å²) in [5.41, 5.74) is 1.88. The normalized spacial score (nSPS) is 32.9. The lowest BCUT2D eigenvalue weighted by molar-refractivity contribution is 0.241. The molecule has 1 aromatic rings. The van der Waals surface area contributed by atoms with Crippen LogP contribution in [0.2, 0.25) is 0 Å². The molecule has 114 valence electrons. The van der Waals surface area contributed by atoms with Gasteiger partial charge in [-0.05, 0) is 62.1 Å². The number of halogens is 1. The van der Waals surface area contributed by atoms with Crippen LogP contribution in [0.1, 0.15) is 56.9 Å². The summed E-state index contributed by atoms with van der Waals surface area (Å²) in [6.07, 6.45) is 10.9. The van der Waals surface area contributed by atoms with Crippen LogP contribution in [-0.2, 0) is 0 Å². The van der Waals surface area contributed by atoms with Crippen LogP contribution < -0.4 is 4.90 Å². The quantitative estimate of drug-likeness (QED) is 0.734. The van der Waals surface area contributed by atoms with Gasteiger partial charge in [-0.1, -0.05) is 31.7 Å². The van der Waals surface area contributed by atoms with Crippen LogP contribution in [0.5, 0.6) is 0 Å². The molecule has 2 atom stereocenters. The molecule has 2 saturated heterocycles. The third kappa shape index (κ3) is 2.37. The smallest absolute Gasteiger partial charge is 0.146 e. The highest BCUT2D eigenvalue weighted by atomic mass is 19.1. The predicted octanol–water partition coefficient (Wildman–Crippen LogP) is 5.07. The molecular formula is C19H26FN. The average Bonchev–Trinajstić information content (AvgIpc) is 3.06. The van der Waals surface area contributed by atoms with E-state index >= 15 is 0 Å². The summed E-state index contributed by atoms with van der Waals surface area (Å²) in [4.78, 5) is 2.43. The summed E-state index contributed by atoms with van der Waals surface area (Å²) in [6, 6.07) is 6.93. The van der Waals surface area contributed by atoms with Crippen molar-refractivity contribution >= 4 is 5.69 Å². The van der Waals surface area contributed by atoms with Crippen molar-refractivity contribution in [3.63, 3.8) is 0 Å². The predicted molar refractivity (Wildman–Crippen MR) is 85.1 cm³/mol. The number of piperidine rings is 1. The van der Waals surface area contributed by atoms with E-state index in [9.17, 15) is 4.39 Å². The van der Waals surface area contributed by atoms with Gasteiger partial charge in [0.2, 0.25) is 0 Å². The minimum absolute atomic E-state index is 0.0220. The fourth-order valence-electron chi connectivity index (χ4n) is 5.25. The van der Waals surface area contributed by atoms with Crippen molar-refractivity contribution in [3.8, 4) is 0 Å². The zero-order chi connectivity index (χ0) is 14.4. The highest BCUT2D eigenvalue weighted by Gasteiger charge is 2.43. The number of benzene rings is 1. The lowest BCUT2D eigenvalue weighted by atomic mass is 9.80. The van der Waals surface area contributed by atoms with Crippen LogP contribution in [0.25, 0.3) is 0 Å².